The van der Waals surface area contributed by atoms with Gasteiger partial charge in [0.1, 0.15) is 0 Å². The Kier molecular flexibility index (Phi) is 2.70. The molecule has 0 aliphatic rings. The van der Waals surface area contributed by atoms with Crippen LogP contribution in [0.1, 0.15) is 5.56 Å². The van der Waals surface area contributed by atoms with E-state index < -0.39 is 0 Å². The van der Waals surface area contributed by atoms with Crippen molar-refractivity contribution < 1.29 is 4.79 Å². The predicted octanol–water partition coefficient (Wildman–Crippen LogP) is 4.46. The summed E-state index contributed by atoms with van der Waals surface area (Å²) < 4.78 is 0. The molecule has 4 rings (SSSR count). The molecule has 0 unspecified atom stereocenters. The van der Waals surface area contributed by atoms with Crippen LogP contribution in [0.5, 0.6) is 0 Å². The Bertz CT molecular complexity index is 981. The maximum absolute atomic E-state index is 10.2. The van der Waals surface area contributed by atoms with Crippen LogP contribution >= 0.6 is 0 Å². The van der Waals surface area contributed by atoms with Gasteiger partial charge in [0, 0.05) is 0 Å². The molecule has 2 heteroatoms. The second-order valence-corrected chi connectivity index (χ2v) is 5.30. The lowest BCUT2D eigenvalue weighted by Gasteiger charge is -2.13. The van der Waals surface area contributed by atoms with E-state index in [1.165, 1.54) is 37.9 Å². The van der Waals surface area contributed by atoms with E-state index in [0.717, 1.165) is 6.42 Å². The average Bonchev–Trinajstić information content (AvgIpc) is 2.54. The van der Waals surface area contributed by atoms with Crippen LogP contribution in [0.15, 0.2) is 59.6 Å². The van der Waals surface area contributed by atoms with Crippen molar-refractivity contribution in [1.82, 2.24) is 0 Å². The molecule has 0 amide bonds. The van der Waals surface area contributed by atoms with E-state index in [-0.39, 0.29) is 0 Å². The third-order valence-electron chi connectivity index (χ3n) is 4.18. The van der Waals surface area contributed by atoms with Crippen molar-refractivity contribution in [2.75, 3.05) is 6.54 Å². The molecule has 4 aromatic carbocycles. The standard InChI is InChI=1S/C19H13NO/c21-12-20-11-10-13-4-5-16-7-6-14-2-1-3-15-8-9-17(13)19(16)18(14)15/h1-9H,10-11H2. The van der Waals surface area contributed by atoms with E-state index >= 15 is 0 Å². The van der Waals surface area contributed by atoms with Crippen LogP contribution < -0.4 is 0 Å². The van der Waals surface area contributed by atoms with Crippen molar-refractivity contribution in [2.24, 2.45) is 4.99 Å². The van der Waals surface area contributed by atoms with Gasteiger partial charge < -0.3 is 0 Å². The summed E-state index contributed by atoms with van der Waals surface area (Å²) in [7, 11) is 0. The van der Waals surface area contributed by atoms with Gasteiger partial charge in [0.2, 0.25) is 6.08 Å². The zero-order valence-electron chi connectivity index (χ0n) is 11.5. The van der Waals surface area contributed by atoms with E-state index in [1.54, 1.807) is 6.08 Å². The Morgan fingerprint density at radius 1 is 0.810 bits per heavy atom. The first kappa shape index (κ1) is 12.1. The molecular formula is C19H13NO. The summed E-state index contributed by atoms with van der Waals surface area (Å²) in [4.78, 5) is 13.9. The Balaban J connectivity index is 2.08. The van der Waals surface area contributed by atoms with E-state index in [2.05, 4.69) is 59.6 Å². The van der Waals surface area contributed by atoms with Gasteiger partial charge in [0.25, 0.3) is 0 Å². The molecule has 0 N–H and O–H groups in total. The minimum absolute atomic E-state index is 0.494. The maximum atomic E-state index is 10.2. The molecule has 0 aliphatic heterocycles. The van der Waals surface area contributed by atoms with Crippen molar-refractivity contribution in [3.8, 4) is 0 Å². The van der Waals surface area contributed by atoms with Crippen molar-refractivity contribution in [3.63, 3.8) is 0 Å². The second-order valence-electron chi connectivity index (χ2n) is 5.30. The van der Waals surface area contributed by atoms with Gasteiger partial charge in [-0.05, 0) is 44.3 Å². The summed E-state index contributed by atoms with van der Waals surface area (Å²) in [5.41, 5.74) is 1.24. The summed E-state index contributed by atoms with van der Waals surface area (Å²) >= 11 is 0. The van der Waals surface area contributed by atoms with Crippen LogP contribution in [0.4, 0.5) is 0 Å². The number of rotatable bonds is 3. The fraction of sp³-hybridized carbons (Fsp3) is 0.105. The number of aliphatic imine (C=N–C) groups is 1. The largest absolute Gasteiger partial charge is 0.234 e. The number of hydrogen-bond acceptors (Lipinski definition) is 2. The quantitative estimate of drug-likeness (QED) is 0.307. The van der Waals surface area contributed by atoms with Crippen LogP contribution in [-0.2, 0) is 11.2 Å². The van der Waals surface area contributed by atoms with E-state index in [9.17, 15) is 4.79 Å². The smallest absolute Gasteiger partial charge is 0.211 e. The Hall–Kier alpha value is -2.70. The van der Waals surface area contributed by atoms with Gasteiger partial charge in [-0.25, -0.2) is 9.79 Å². The van der Waals surface area contributed by atoms with E-state index in [0.29, 0.717) is 6.54 Å². The van der Waals surface area contributed by atoms with E-state index in [1.807, 2.05) is 0 Å². The summed E-state index contributed by atoms with van der Waals surface area (Å²) in [6.45, 7) is 0.494. The normalized spacial score (nSPS) is 11.2. The van der Waals surface area contributed by atoms with Crippen molar-refractivity contribution >= 4 is 38.4 Å². The summed E-state index contributed by atoms with van der Waals surface area (Å²) in [5.74, 6) is 0. The topological polar surface area (TPSA) is 29.4 Å². The fourth-order valence-corrected chi connectivity index (χ4v) is 3.24. The molecule has 0 atom stereocenters. The molecule has 0 bridgehead atoms. The minimum atomic E-state index is 0.494. The fourth-order valence-electron chi connectivity index (χ4n) is 3.24. The molecule has 0 saturated carbocycles. The summed E-state index contributed by atoms with van der Waals surface area (Å²) in [5, 5.41) is 7.71. The molecule has 0 saturated heterocycles. The Morgan fingerprint density at radius 3 is 2.24 bits per heavy atom. The van der Waals surface area contributed by atoms with Crippen molar-refractivity contribution in [2.45, 2.75) is 6.42 Å². The zero-order chi connectivity index (χ0) is 14.2. The first-order valence-electron chi connectivity index (χ1n) is 7.07. The molecule has 2 nitrogen and oxygen atoms in total. The average molecular weight is 271 g/mol. The van der Waals surface area contributed by atoms with Gasteiger partial charge >= 0.3 is 0 Å². The molecule has 0 aliphatic carbocycles. The second kappa shape index (κ2) is 4.69. The first-order valence-corrected chi connectivity index (χ1v) is 7.07. The highest BCUT2D eigenvalue weighted by atomic mass is 16.1. The number of hydrogen-bond donors (Lipinski definition) is 0. The van der Waals surface area contributed by atoms with Gasteiger partial charge in [0.05, 0.1) is 6.54 Å². The number of nitrogens with zero attached hydrogens (tertiary/aromatic N) is 1. The molecule has 0 radical (unpaired) electrons. The third kappa shape index (κ3) is 1.81. The monoisotopic (exact) mass is 271 g/mol. The molecule has 0 fully saturated rings. The molecule has 0 heterocycles. The number of carbonyl (C=O) groups excluding carboxylic acids is 1. The highest BCUT2D eigenvalue weighted by Crippen LogP contribution is 2.35. The predicted molar refractivity (Wildman–Crippen MR) is 86.8 cm³/mol. The first-order chi connectivity index (χ1) is 10.4. The molecular weight excluding hydrogens is 258 g/mol. The van der Waals surface area contributed by atoms with Gasteiger partial charge in [-0.3, -0.25) is 0 Å². The lowest BCUT2D eigenvalue weighted by atomic mass is 9.91. The van der Waals surface area contributed by atoms with Crippen LogP contribution in [0.3, 0.4) is 0 Å². The maximum Gasteiger partial charge on any atom is 0.234 e. The van der Waals surface area contributed by atoms with Gasteiger partial charge in [0.15, 0.2) is 0 Å². The summed E-state index contributed by atoms with van der Waals surface area (Å²) in [6, 6.07) is 19.4. The van der Waals surface area contributed by atoms with Crippen molar-refractivity contribution in [1.29, 1.82) is 0 Å². The Morgan fingerprint density at radius 2 is 1.48 bits per heavy atom. The molecule has 4 aromatic rings. The number of isocyanates is 1. The van der Waals surface area contributed by atoms with Crippen LogP contribution in [0.2, 0.25) is 0 Å². The van der Waals surface area contributed by atoms with Gasteiger partial charge in [-0.15, -0.1) is 0 Å². The molecule has 100 valence electrons. The van der Waals surface area contributed by atoms with Crippen LogP contribution in [-0.4, -0.2) is 12.6 Å². The van der Waals surface area contributed by atoms with Gasteiger partial charge in [-0.1, -0.05) is 54.6 Å². The lowest BCUT2D eigenvalue weighted by Crippen LogP contribution is -1.93. The highest BCUT2D eigenvalue weighted by molar-refractivity contribution is 6.23. The summed E-state index contributed by atoms with van der Waals surface area (Å²) in [6.07, 6.45) is 2.38. The lowest BCUT2D eigenvalue weighted by molar-refractivity contribution is 0.563. The third-order valence-corrected chi connectivity index (χ3v) is 4.18. The van der Waals surface area contributed by atoms with E-state index in [4.69, 9.17) is 0 Å². The van der Waals surface area contributed by atoms with Crippen LogP contribution in [0, 0.1) is 0 Å². The zero-order valence-corrected chi connectivity index (χ0v) is 11.5. The Labute approximate surface area is 122 Å². The molecule has 0 spiro atoms. The molecule has 21 heavy (non-hydrogen) atoms. The number of benzene rings is 4. The minimum Gasteiger partial charge on any atom is -0.211 e. The van der Waals surface area contributed by atoms with Gasteiger partial charge in [-0.2, -0.15) is 0 Å². The SMILES string of the molecule is O=C=NCCc1ccc2ccc3cccc4ccc1c2c34. The van der Waals surface area contributed by atoms with Crippen LogP contribution in [0.25, 0.3) is 32.3 Å². The highest BCUT2D eigenvalue weighted by Gasteiger charge is 2.10. The van der Waals surface area contributed by atoms with Crippen molar-refractivity contribution in [3.05, 3.63) is 60.2 Å². The molecule has 0 aromatic heterocycles.